The number of carbonyl (C=O) groups is 1. The molecule has 2 amide bonds. The molecule has 0 aliphatic heterocycles. The average molecular weight is 355 g/mol. The van der Waals surface area contributed by atoms with Crippen LogP contribution in [-0.4, -0.2) is 18.6 Å². The topological polar surface area (TPSA) is 53.2 Å². The van der Waals surface area contributed by atoms with Crippen LogP contribution < -0.4 is 16.0 Å². The van der Waals surface area contributed by atoms with Gasteiger partial charge in [-0.2, -0.15) is 0 Å². The second-order valence-corrected chi connectivity index (χ2v) is 6.81. The maximum absolute atomic E-state index is 12.9. The Bertz CT molecular complexity index is 694. The Labute approximate surface area is 154 Å². The van der Waals surface area contributed by atoms with E-state index in [2.05, 4.69) is 16.0 Å². The maximum atomic E-state index is 12.9. The summed E-state index contributed by atoms with van der Waals surface area (Å²) in [5, 5.41) is 9.27. The summed E-state index contributed by atoms with van der Waals surface area (Å²) in [6, 6.07) is 14.4. The predicted octanol–water partition coefficient (Wildman–Crippen LogP) is 4.93. The first kappa shape index (κ1) is 18.2. The van der Waals surface area contributed by atoms with Gasteiger partial charge in [0.05, 0.1) is 0 Å². The van der Waals surface area contributed by atoms with Crippen LogP contribution >= 0.6 is 0 Å². The highest BCUT2D eigenvalue weighted by Crippen LogP contribution is 2.18. The van der Waals surface area contributed by atoms with Gasteiger partial charge in [0.2, 0.25) is 0 Å². The maximum Gasteiger partial charge on any atom is 0.319 e. The summed E-state index contributed by atoms with van der Waals surface area (Å²) >= 11 is 0. The van der Waals surface area contributed by atoms with Crippen LogP contribution in [0.3, 0.4) is 0 Å². The minimum Gasteiger partial charge on any atom is -0.385 e. The minimum absolute atomic E-state index is 0.131. The van der Waals surface area contributed by atoms with Crippen molar-refractivity contribution >= 4 is 17.4 Å². The van der Waals surface area contributed by atoms with Gasteiger partial charge in [0.15, 0.2) is 0 Å². The van der Waals surface area contributed by atoms with Gasteiger partial charge < -0.3 is 16.0 Å². The third kappa shape index (κ3) is 5.76. The number of amides is 2. The standard InChI is InChI=1S/C21H26FN3O/c22-17-8-6-16(7-9-17)14-15-23-18-10-12-20(13-11-18)25-21(26)24-19-4-2-1-3-5-19/h6-13,19,23H,1-5,14-15H2,(H2,24,25,26). The van der Waals surface area contributed by atoms with Crippen molar-refractivity contribution in [3.63, 3.8) is 0 Å². The van der Waals surface area contributed by atoms with Gasteiger partial charge in [0, 0.05) is 24.0 Å². The minimum atomic E-state index is -0.211. The molecular weight excluding hydrogens is 329 g/mol. The van der Waals surface area contributed by atoms with Gasteiger partial charge in [-0.15, -0.1) is 0 Å². The zero-order valence-electron chi connectivity index (χ0n) is 14.9. The van der Waals surface area contributed by atoms with Crippen LogP contribution in [-0.2, 0) is 6.42 Å². The molecule has 0 radical (unpaired) electrons. The van der Waals surface area contributed by atoms with Gasteiger partial charge in [0.1, 0.15) is 5.82 Å². The Balaban J connectivity index is 1.41. The largest absolute Gasteiger partial charge is 0.385 e. The fraction of sp³-hybridized carbons (Fsp3) is 0.381. The van der Waals surface area contributed by atoms with Crippen LogP contribution in [0.25, 0.3) is 0 Å². The van der Waals surface area contributed by atoms with Gasteiger partial charge >= 0.3 is 6.03 Å². The normalized spacial score (nSPS) is 14.7. The van der Waals surface area contributed by atoms with E-state index in [0.29, 0.717) is 6.04 Å². The van der Waals surface area contributed by atoms with Crippen LogP contribution in [0.2, 0.25) is 0 Å². The highest BCUT2D eigenvalue weighted by Gasteiger charge is 2.15. The Morgan fingerprint density at radius 3 is 2.27 bits per heavy atom. The zero-order chi connectivity index (χ0) is 18.2. The number of carbonyl (C=O) groups excluding carboxylic acids is 1. The van der Waals surface area contributed by atoms with Crippen molar-refractivity contribution in [3.8, 4) is 0 Å². The molecule has 138 valence electrons. The third-order valence-corrected chi connectivity index (χ3v) is 4.74. The lowest BCUT2D eigenvalue weighted by Crippen LogP contribution is -2.38. The van der Waals surface area contributed by atoms with Crippen molar-refractivity contribution in [1.29, 1.82) is 0 Å². The van der Waals surface area contributed by atoms with Crippen molar-refractivity contribution in [2.75, 3.05) is 17.2 Å². The Morgan fingerprint density at radius 1 is 0.923 bits per heavy atom. The molecule has 2 aromatic rings. The summed E-state index contributed by atoms with van der Waals surface area (Å²) in [7, 11) is 0. The fourth-order valence-electron chi connectivity index (χ4n) is 3.27. The molecule has 1 aliphatic carbocycles. The molecule has 0 aromatic heterocycles. The molecule has 0 spiro atoms. The molecule has 0 atom stereocenters. The lowest BCUT2D eigenvalue weighted by Gasteiger charge is -2.22. The van der Waals surface area contributed by atoms with Crippen LogP contribution in [0.15, 0.2) is 48.5 Å². The van der Waals surface area contributed by atoms with Crippen LogP contribution in [0.5, 0.6) is 0 Å². The first-order valence-corrected chi connectivity index (χ1v) is 9.35. The van der Waals surface area contributed by atoms with E-state index >= 15 is 0 Å². The van der Waals surface area contributed by atoms with Gasteiger partial charge in [0.25, 0.3) is 0 Å². The van der Waals surface area contributed by atoms with E-state index in [0.717, 1.165) is 42.7 Å². The quantitative estimate of drug-likeness (QED) is 0.688. The van der Waals surface area contributed by atoms with Crippen LogP contribution in [0.1, 0.15) is 37.7 Å². The second kappa shape index (κ2) is 9.22. The molecule has 0 unspecified atom stereocenters. The van der Waals surface area contributed by atoms with Crippen LogP contribution in [0.4, 0.5) is 20.6 Å². The van der Waals surface area contributed by atoms with Gasteiger partial charge in [-0.3, -0.25) is 0 Å². The molecule has 5 heteroatoms. The van der Waals surface area contributed by atoms with Crippen LogP contribution in [0, 0.1) is 5.82 Å². The first-order valence-electron chi connectivity index (χ1n) is 9.35. The number of nitrogens with one attached hydrogen (secondary N) is 3. The lowest BCUT2D eigenvalue weighted by molar-refractivity contribution is 0.244. The number of halogens is 1. The van der Waals surface area contributed by atoms with E-state index in [4.69, 9.17) is 0 Å². The Morgan fingerprint density at radius 2 is 1.58 bits per heavy atom. The summed E-state index contributed by atoms with van der Waals surface area (Å²) in [5.41, 5.74) is 2.87. The van der Waals surface area contributed by atoms with Crippen molar-refractivity contribution in [2.45, 2.75) is 44.6 Å². The fourth-order valence-corrected chi connectivity index (χ4v) is 3.27. The Kier molecular flexibility index (Phi) is 6.47. The first-order chi connectivity index (χ1) is 12.7. The van der Waals surface area contributed by atoms with Crippen molar-refractivity contribution in [1.82, 2.24) is 5.32 Å². The average Bonchev–Trinajstić information content (AvgIpc) is 2.65. The molecule has 4 nitrogen and oxygen atoms in total. The Hall–Kier alpha value is -2.56. The number of urea groups is 1. The highest BCUT2D eigenvalue weighted by molar-refractivity contribution is 5.89. The number of anilines is 2. The van der Waals surface area contributed by atoms with E-state index < -0.39 is 0 Å². The number of hydrogen-bond donors (Lipinski definition) is 3. The number of rotatable bonds is 6. The molecule has 3 N–H and O–H groups in total. The summed E-state index contributed by atoms with van der Waals surface area (Å²) < 4.78 is 12.9. The second-order valence-electron chi connectivity index (χ2n) is 6.81. The van der Waals surface area contributed by atoms with Gasteiger partial charge in [-0.25, -0.2) is 9.18 Å². The lowest BCUT2D eigenvalue weighted by atomic mass is 9.96. The van der Waals surface area contributed by atoms with E-state index in [1.165, 1.54) is 31.4 Å². The summed E-state index contributed by atoms with van der Waals surface area (Å²) in [6.45, 7) is 0.764. The van der Waals surface area contributed by atoms with E-state index in [1.807, 2.05) is 24.3 Å². The SMILES string of the molecule is O=C(Nc1ccc(NCCc2ccc(F)cc2)cc1)NC1CCCCC1. The molecule has 26 heavy (non-hydrogen) atoms. The van der Waals surface area contributed by atoms with Crippen molar-refractivity contribution < 1.29 is 9.18 Å². The molecule has 3 rings (SSSR count). The third-order valence-electron chi connectivity index (χ3n) is 4.74. The molecule has 1 fully saturated rings. The molecule has 0 saturated heterocycles. The van der Waals surface area contributed by atoms with Crippen molar-refractivity contribution in [2.24, 2.45) is 0 Å². The summed E-state index contributed by atoms with van der Waals surface area (Å²) in [6.07, 6.45) is 6.64. The predicted molar refractivity (Wildman–Crippen MR) is 104 cm³/mol. The van der Waals surface area contributed by atoms with Gasteiger partial charge in [-0.05, 0) is 61.2 Å². The van der Waals surface area contributed by atoms with E-state index in [-0.39, 0.29) is 11.8 Å². The highest BCUT2D eigenvalue weighted by atomic mass is 19.1. The molecule has 1 aliphatic rings. The number of benzene rings is 2. The summed E-state index contributed by atoms with van der Waals surface area (Å²) in [4.78, 5) is 12.1. The molecular formula is C21H26FN3O. The monoisotopic (exact) mass is 355 g/mol. The van der Waals surface area contributed by atoms with Gasteiger partial charge in [-0.1, -0.05) is 31.4 Å². The number of hydrogen-bond acceptors (Lipinski definition) is 2. The molecule has 1 saturated carbocycles. The zero-order valence-corrected chi connectivity index (χ0v) is 14.9. The van der Waals surface area contributed by atoms with E-state index in [9.17, 15) is 9.18 Å². The molecule has 2 aromatic carbocycles. The molecule has 0 bridgehead atoms. The van der Waals surface area contributed by atoms with Crippen molar-refractivity contribution in [3.05, 3.63) is 59.9 Å². The summed E-state index contributed by atoms with van der Waals surface area (Å²) in [5.74, 6) is -0.211. The molecule has 0 heterocycles. The van der Waals surface area contributed by atoms with E-state index in [1.54, 1.807) is 12.1 Å². The smallest absolute Gasteiger partial charge is 0.319 e.